The number of amidine groups is 1. The molecule has 31 heavy (non-hydrogen) atoms. The maximum Gasteiger partial charge on any atom is 0.152 e. The predicted octanol–water partition coefficient (Wildman–Crippen LogP) is 2.72. The summed E-state index contributed by atoms with van der Waals surface area (Å²) in [4.78, 5) is 25.4. The van der Waals surface area contributed by atoms with E-state index in [0.717, 1.165) is 61.7 Å². The van der Waals surface area contributed by atoms with Gasteiger partial charge in [-0.2, -0.15) is 0 Å². The summed E-state index contributed by atoms with van der Waals surface area (Å²) in [5, 5.41) is 14.7. The summed E-state index contributed by atoms with van der Waals surface area (Å²) in [5.74, 6) is 0.381. The van der Waals surface area contributed by atoms with Gasteiger partial charge >= 0.3 is 0 Å². The maximum atomic E-state index is 11.8. The Bertz CT molecular complexity index is 966. The van der Waals surface area contributed by atoms with Crippen molar-refractivity contribution in [2.45, 2.75) is 20.3 Å². The van der Waals surface area contributed by atoms with Crippen molar-refractivity contribution in [3.05, 3.63) is 47.4 Å². The van der Waals surface area contributed by atoms with Gasteiger partial charge in [-0.3, -0.25) is 15.2 Å². The number of hydrogen-bond donors (Lipinski definition) is 3. The number of aliphatic imine (C=N–C) groups is 2. The van der Waals surface area contributed by atoms with Crippen molar-refractivity contribution in [1.29, 1.82) is 5.41 Å². The molecule has 2 aliphatic rings. The predicted molar refractivity (Wildman–Crippen MR) is 128 cm³/mol. The van der Waals surface area contributed by atoms with Crippen LogP contribution in [0.25, 0.3) is 0 Å². The summed E-state index contributed by atoms with van der Waals surface area (Å²) in [6.45, 7) is 7.81. The number of nitrogens with one attached hydrogen (secondary N) is 3. The Hall–Kier alpha value is -3.26. The topological polar surface area (TPSA) is 96.2 Å². The van der Waals surface area contributed by atoms with Crippen LogP contribution in [-0.2, 0) is 0 Å². The van der Waals surface area contributed by atoms with E-state index in [9.17, 15) is 4.79 Å². The molecule has 3 rings (SSSR count). The van der Waals surface area contributed by atoms with Crippen molar-refractivity contribution < 1.29 is 4.79 Å². The highest BCUT2D eigenvalue weighted by Gasteiger charge is 2.16. The Labute approximate surface area is 184 Å². The van der Waals surface area contributed by atoms with E-state index >= 15 is 0 Å². The lowest BCUT2D eigenvalue weighted by Crippen LogP contribution is -2.44. The first kappa shape index (κ1) is 22.4. The summed E-state index contributed by atoms with van der Waals surface area (Å²) < 4.78 is 0. The number of piperazine rings is 1. The largest absolute Gasteiger partial charge is 0.371 e. The van der Waals surface area contributed by atoms with Gasteiger partial charge in [-0.25, -0.2) is 4.99 Å². The van der Waals surface area contributed by atoms with Crippen LogP contribution in [-0.4, -0.2) is 68.7 Å². The summed E-state index contributed by atoms with van der Waals surface area (Å²) in [6, 6.07) is 5.72. The minimum atomic E-state index is 0.207. The molecule has 0 amide bonds. The minimum absolute atomic E-state index is 0.207. The summed E-state index contributed by atoms with van der Waals surface area (Å²) in [7, 11) is 3.84. The quantitative estimate of drug-likeness (QED) is 0.373. The van der Waals surface area contributed by atoms with Crippen LogP contribution in [0.15, 0.2) is 51.9 Å². The Morgan fingerprint density at radius 3 is 2.71 bits per heavy atom. The molecule has 1 aromatic carbocycles. The molecule has 8 heteroatoms. The number of hydrogen-bond acceptors (Lipinski definition) is 7. The lowest BCUT2D eigenvalue weighted by Gasteiger charge is -2.34. The van der Waals surface area contributed by atoms with Crippen molar-refractivity contribution in [2.24, 2.45) is 9.98 Å². The zero-order valence-electron chi connectivity index (χ0n) is 18.7. The molecular formula is C23H31N7O. The lowest BCUT2D eigenvalue weighted by molar-refractivity contribution is 0.112. The minimum Gasteiger partial charge on any atom is -0.371 e. The number of rotatable bonds is 6. The van der Waals surface area contributed by atoms with Crippen molar-refractivity contribution in [2.75, 3.05) is 45.2 Å². The van der Waals surface area contributed by atoms with Crippen LogP contribution in [0.4, 0.5) is 11.4 Å². The molecule has 0 aliphatic carbocycles. The number of likely N-dealkylation sites (N-methyl/N-ethyl adjacent to an activating group) is 1. The zero-order chi connectivity index (χ0) is 22.4. The number of nitrogens with zero attached hydrogens (tertiary/aromatic N) is 4. The molecule has 8 nitrogen and oxygen atoms in total. The monoisotopic (exact) mass is 421 g/mol. The first-order valence-electron chi connectivity index (χ1n) is 10.6. The van der Waals surface area contributed by atoms with Crippen molar-refractivity contribution in [3.8, 4) is 0 Å². The van der Waals surface area contributed by atoms with Crippen LogP contribution >= 0.6 is 0 Å². The van der Waals surface area contributed by atoms with Gasteiger partial charge in [0.05, 0.1) is 28.5 Å². The van der Waals surface area contributed by atoms with Crippen LogP contribution in [0, 0.1) is 5.41 Å². The van der Waals surface area contributed by atoms with Crippen LogP contribution in [0.5, 0.6) is 0 Å². The summed E-state index contributed by atoms with van der Waals surface area (Å²) in [5.41, 5.74) is 4.85. The lowest BCUT2D eigenvalue weighted by atomic mass is 10.1. The van der Waals surface area contributed by atoms with Gasteiger partial charge in [0.25, 0.3) is 0 Å². The first-order chi connectivity index (χ1) is 14.9. The number of allylic oxidation sites excluding steroid dienone is 2. The molecule has 0 spiro atoms. The highest BCUT2D eigenvalue weighted by atomic mass is 16.1. The second-order valence-corrected chi connectivity index (χ2v) is 7.68. The van der Waals surface area contributed by atoms with Gasteiger partial charge in [0.2, 0.25) is 0 Å². The average molecular weight is 422 g/mol. The van der Waals surface area contributed by atoms with E-state index in [-0.39, 0.29) is 5.71 Å². The molecule has 2 heterocycles. The molecule has 0 unspecified atom stereocenters. The number of carbonyl (C=O) groups is 1. The molecule has 164 valence electrons. The van der Waals surface area contributed by atoms with Crippen molar-refractivity contribution in [3.63, 3.8) is 0 Å². The number of aldehydes is 1. The van der Waals surface area contributed by atoms with Gasteiger partial charge in [0.1, 0.15) is 0 Å². The molecule has 0 saturated carbocycles. The van der Waals surface area contributed by atoms with Gasteiger partial charge in [0.15, 0.2) is 12.1 Å². The molecule has 0 bridgehead atoms. The van der Waals surface area contributed by atoms with Crippen LogP contribution in [0.2, 0.25) is 0 Å². The third-order valence-corrected chi connectivity index (χ3v) is 5.41. The molecule has 1 saturated heterocycles. The number of anilines is 1. The molecule has 1 aromatic rings. The highest BCUT2D eigenvalue weighted by molar-refractivity contribution is 6.45. The number of carbonyl (C=O) groups excluding carboxylic acids is 1. The zero-order valence-corrected chi connectivity index (χ0v) is 18.7. The smallest absolute Gasteiger partial charge is 0.152 e. The van der Waals surface area contributed by atoms with Crippen molar-refractivity contribution in [1.82, 2.24) is 15.5 Å². The SMILES string of the molecule is CCC1=NC(C)=CN/C1=C\C(=N)/C(=N/c1ccc(N2CCN(C)CC2)cc1C=O)NC. The molecule has 0 aromatic heterocycles. The van der Waals surface area contributed by atoms with Gasteiger partial charge in [0, 0.05) is 50.7 Å². The average Bonchev–Trinajstić information content (AvgIpc) is 2.79. The highest BCUT2D eigenvalue weighted by Crippen LogP contribution is 2.25. The van der Waals surface area contributed by atoms with E-state index in [1.54, 1.807) is 13.1 Å². The van der Waals surface area contributed by atoms with Gasteiger partial charge in [-0.1, -0.05) is 6.92 Å². The molecule has 0 radical (unpaired) electrons. The second kappa shape index (κ2) is 10.2. The van der Waals surface area contributed by atoms with E-state index in [4.69, 9.17) is 5.41 Å². The Balaban J connectivity index is 1.84. The number of benzene rings is 1. The van der Waals surface area contributed by atoms with E-state index in [1.807, 2.05) is 38.2 Å². The summed E-state index contributed by atoms with van der Waals surface area (Å²) >= 11 is 0. The Kier molecular flexibility index (Phi) is 7.36. The van der Waals surface area contributed by atoms with E-state index in [0.29, 0.717) is 17.1 Å². The van der Waals surface area contributed by atoms with E-state index in [2.05, 4.69) is 37.5 Å². The third-order valence-electron chi connectivity index (χ3n) is 5.41. The summed E-state index contributed by atoms with van der Waals surface area (Å²) in [6.07, 6.45) is 5.11. The fraction of sp³-hybridized carbons (Fsp3) is 0.391. The van der Waals surface area contributed by atoms with Gasteiger partial charge in [-0.15, -0.1) is 0 Å². The molecule has 3 N–H and O–H groups in total. The van der Waals surface area contributed by atoms with Crippen LogP contribution in [0.1, 0.15) is 30.6 Å². The molecule has 1 fully saturated rings. The van der Waals surface area contributed by atoms with E-state index < -0.39 is 0 Å². The van der Waals surface area contributed by atoms with Crippen LogP contribution in [0.3, 0.4) is 0 Å². The third kappa shape index (κ3) is 5.46. The van der Waals surface area contributed by atoms with Gasteiger partial charge < -0.3 is 20.4 Å². The fourth-order valence-electron chi connectivity index (χ4n) is 3.55. The van der Waals surface area contributed by atoms with E-state index in [1.165, 1.54) is 0 Å². The normalized spacial score (nSPS) is 18.9. The van der Waals surface area contributed by atoms with Crippen molar-refractivity contribution >= 4 is 34.9 Å². The Morgan fingerprint density at radius 1 is 1.32 bits per heavy atom. The Morgan fingerprint density at radius 2 is 2.06 bits per heavy atom. The fourth-order valence-corrected chi connectivity index (χ4v) is 3.55. The molecule has 2 aliphatic heterocycles. The first-order valence-corrected chi connectivity index (χ1v) is 10.6. The molecule has 0 atom stereocenters. The van der Waals surface area contributed by atoms with Gasteiger partial charge in [-0.05, 0) is 44.7 Å². The molecular weight excluding hydrogens is 390 g/mol. The van der Waals surface area contributed by atoms with Crippen LogP contribution < -0.4 is 15.5 Å². The standard InChI is InChI=1S/C23H31N7O/c1-5-20-22(26-14-16(2)27-20)13-19(24)23(25-3)28-21-7-6-18(12-17(21)15-31)30-10-8-29(4)9-11-30/h6-7,12-15,24,26H,5,8-11H2,1-4H3,(H,25,28)/b22-13-,24-19?. The maximum absolute atomic E-state index is 11.8. The second-order valence-electron chi connectivity index (χ2n) is 7.68.